The molecule has 110 valence electrons. The molecule has 20 heavy (non-hydrogen) atoms. The normalized spacial score (nSPS) is 19.9. The van der Waals surface area contributed by atoms with E-state index < -0.39 is 6.04 Å². The van der Waals surface area contributed by atoms with Crippen molar-refractivity contribution in [3.05, 3.63) is 33.8 Å². The van der Waals surface area contributed by atoms with Crippen molar-refractivity contribution in [1.29, 1.82) is 0 Å². The van der Waals surface area contributed by atoms with Crippen LogP contribution in [0.3, 0.4) is 0 Å². The van der Waals surface area contributed by atoms with Crippen LogP contribution in [-0.2, 0) is 14.3 Å². The lowest BCUT2D eigenvalue weighted by molar-refractivity contribution is -0.143. The summed E-state index contributed by atoms with van der Waals surface area (Å²) in [5.41, 5.74) is 0.687. The van der Waals surface area contributed by atoms with E-state index in [1.54, 1.807) is 18.2 Å². The van der Waals surface area contributed by atoms with Gasteiger partial charge in [0, 0.05) is 23.2 Å². The third-order valence-corrected chi connectivity index (χ3v) is 3.67. The molecular formula is C14H17Cl2NO3. The van der Waals surface area contributed by atoms with Gasteiger partial charge in [-0.05, 0) is 36.6 Å². The second-order valence-electron chi connectivity index (χ2n) is 4.70. The summed E-state index contributed by atoms with van der Waals surface area (Å²) in [6.07, 6.45) is 2.19. The van der Waals surface area contributed by atoms with Crippen LogP contribution in [0, 0.1) is 0 Å². The van der Waals surface area contributed by atoms with Crippen molar-refractivity contribution in [2.75, 3.05) is 20.3 Å². The van der Waals surface area contributed by atoms with Crippen molar-refractivity contribution >= 4 is 29.2 Å². The van der Waals surface area contributed by atoms with E-state index in [4.69, 9.17) is 32.7 Å². The summed E-state index contributed by atoms with van der Waals surface area (Å²) in [5.74, 6) is -0.374. The molecule has 1 aliphatic rings. The molecule has 1 saturated heterocycles. The van der Waals surface area contributed by atoms with Gasteiger partial charge in [0.2, 0.25) is 0 Å². The Morgan fingerprint density at radius 1 is 1.45 bits per heavy atom. The van der Waals surface area contributed by atoms with E-state index in [1.807, 2.05) is 0 Å². The first-order valence-corrected chi connectivity index (χ1v) is 7.24. The van der Waals surface area contributed by atoms with Crippen LogP contribution in [-0.4, -0.2) is 32.3 Å². The van der Waals surface area contributed by atoms with Crippen molar-refractivity contribution in [1.82, 2.24) is 5.32 Å². The number of carbonyl (C=O) groups excluding carboxylic acids is 1. The Bertz CT molecular complexity index is 455. The zero-order valence-corrected chi connectivity index (χ0v) is 12.7. The number of esters is 1. The molecule has 0 aliphatic carbocycles. The first-order valence-electron chi connectivity index (χ1n) is 6.49. The van der Waals surface area contributed by atoms with E-state index in [1.165, 1.54) is 7.11 Å². The number of methoxy groups -OCH3 is 1. The summed E-state index contributed by atoms with van der Waals surface area (Å²) in [6, 6.07) is 4.44. The minimum atomic E-state index is -0.597. The zero-order valence-electron chi connectivity index (χ0n) is 11.2. The van der Waals surface area contributed by atoms with Gasteiger partial charge in [0.15, 0.2) is 0 Å². The molecular weight excluding hydrogens is 301 g/mol. The number of rotatable bonds is 5. The molecule has 4 nitrogen and oxygen atoms in total. The van der Waals surface area contributed by atoms with E-state index in [9.17, 15) is 4.79 Å². The van der Waals surface area contributed by atoms with Crippen LogP contribution in [0.5, 0.6) is 0 Å². The van der Waals surface area contributed by atoms with E-state index >= 15 is 0 Å². The van der Waals surface area contributed by atoms with Crippen molar-refractivity contribution < 1.29 is 14.3 Å². The molecule has 1 aliphatic heterocycles. The quantitative estimate of drug-likeness (QED) is 0.848. The highest BCUT2D eigenvalue weighted by Gasteiger charge is 2.24. The van der Waals surface area contributed by atoms with Crippen LogP contribution < -0.4 is 5.32 Å². The number of nitrogens with one attached hydrogen (secondary N) is 1. The average molecular weight is 318 g/mol. The van der Waals surface area contributed by atoms with Gasteiger partial charge in [-0.25, -0.2) is 4.79 Å². The fourth-order valence-electron chi connectivity index (χ4n) is 2.25. The summed E-state index contributed by atoms with van der Waals surface area (Å²) in [7, 11) is 1.36. The minimum absolute atomic E-state index is 0.136. The van der Waals surface area contributed by atoms with Gasteiger partial charge in [-0.3, -0.25) is 5.32 Å². The monoisotopic (exact) mass is 317 g/mol. The molecule has 1 heterocycles. The summed E-state index contributed by atoms with van der Waals surface area (Å²) < 4.78 is 10.4. The van der Waals surface area contributed by atoms with E-state index in [2.05, 4.69) is 5.32 Å². The zero-order chi connectivity index (χ0) is 14.5. The van der Waals surface area contributed by atoms with E-state index in [0.717, 1.165) is 19.4 Å². The Morgan fingerprint density at radius 2 is 2.15 bits per heavy atom. The molecule has 2 unspecified atom stereocenters. The Labute approximate surface area is 128 Å². The third kappa shape index (κ3) is 4.09. The lowest BCUT2D eigenvalue weighted by Gasteiger charge is -2.19. The second-order valence-corrected chi connectivity index (χ2v) is 5.58. The second kappa shape index (κ2) is 7.27. The molecule has 1 aromatic carbocycles. The third-order valence-electron chi connectivity index (χ3n) is 3.23. The molecule has 1 N–H and O–H groups in total. The van der Waals surface area contributed by atoms with E-state index in [0.29, 0.717) is 22.2 Å². The summed E-state index contributed by atoms with van der Waals surface area (Å²) in [4.78, 5) is 11.9. The van der Waals surface area contributed by atoms with Gasteiger partial charge in [0.25, 0.3) is 0 Å². The number of hydrogen-bond donors (Lipinski definition) is 1. The Balaban J connectivity index is 2.11. The molecule has 1 fully saturated rings. The largest absolute Gasteiger partial charge is 0.468 e. The van der Waals surface area contributed by atoms with Gasteiger partial charge in [0.1, 0.15) is 6.04 Å². The molecule has 0 amide bonds. The van der Waals surface area contributed by atoms with Gasteiger partial charge in [0.05, 0.1) is 13.2 Å². The maximum Gasteiger partial charge on any atom is 0.327 e. The van der Waals surface area contributed by atoms with Crippen LogP contribution in [0.25, 0.3) is 0 Å². The molecule has 0 spiro atoms. The highest BCUT2D eigenvalue weighted by Crippen LogP contribution is 2.24. The van der Waals surface area contributed by atoms with Gasteiger partial charge in [-0.1, -0.05) is 23.2 Å². The SMILES string of the molecule is COC(=O)C(NCC1CCCO1)c1cc(Cl)cc(Cl)c1. The Morgan fingerprint density at radius 3 is 2.70 bits per heavy atom. The number of benzene rings is 1. The Kier molecular flexibility index (Phi) is 5.66. The average Bonchev–Trinajstić information content (AvgIpc) is 2.90. The first-order chi connectivity index (χ1) is 9.60. The van der Waals surface area contributed by atoms with Gasteiger partial charge in [-0.15, -0.1) is 0 Å². The minimum Gasteiger partial charge on any atom is -0.468 e. The van der Waals surface area contributed by atoms with Crippen molar-refractivity contribution in [2.45, 2.75) is 25.0 Å². The summed E-state index contributed by atoms with van der Waals surface area (Å²) >= 11 is 12.0. The smallest absolute Gasteiger partial charge is 0.327 e. The number of ether oxygens (including phenoxy) is 2. The molecule has 0 bridgehead atoms. The van der Waals surface area contributed by atoms with Gasteiger partial charge < -0.3 is 9.47 Å². The predicted molar refractivity (Wildman–Crippen MR) is 78.2 cm³/mol. The first kappa shape index (κ1) is 15.6. The Hall–Kier alpha value is -0.810. The van der Waals surface area contributed by atoms with Crippen LogP contribution >= 0.6 is 23.2 Å². The molecule has 1 aromatic rings. The lowest BCUT2D eigenvalue weighted by atomic mass is 10.1. The maximum absolute atomic E-state index is 11.9. The van der Waals surface area contributed by atoms with Crippen molar-refractivity contribution in [3.63, 3.8) is 0 Å². The summed E-state index contributed by atoms with van der Waals surface area (Å²) in [6.45, 7) is 1.36. The molecule has 2 rings (SSSR count). The molecule has 0 aromatic heterocycles. The fraction of sp³-hybridized carbons (Fsp3) is 0.500. The predicted octanol–water partition coefficient (Wildman–Crippen LogP) is 2.98. The highest BCUT2D eigenvalue weighted by molar-refractivity contribution is 6.34. The standard InChI is InChI=1S/C14H17Cl2NO3/c1-19-14(18)13(17-8-12-3-2-4-20-12)9-5-10(15)7-11(16)6-9/h5-7,12-13,17H,2-4,8H2,1H3. The topological polar surface area (TPSA) is 47.6 Å². The molecule has 2 atom stereocenters. The number of carbonyl (C=O) groups is 1. The highest BCUT2D eigenvalue weighted by atomic mass is 35.5. The van der Waals surface area contributed by atoms with Crippen LogP contribution in [0.4, 0.5) is 0 Å². The number of halogens is 2. The maximum atomic E-state index is 11.9. The molecule has 0 radical (unpaired) electrons. The van der Waals surface area contributed by atoms with Crippen LogP contribution in [0.15, 0.2) is 18.2 Å². The summed E-state index contributed by atoms with van der Waals surface area (Å²) in [5, 5.41) is 4.14. The fourth-order valence-corrected chi connectivity index (χ4v) is 2.79. The molecule has 6 heteroatoms. The van der Waals surface area contributed by atoms with Crippen LogP contribution in [0.1, 0.15) is 24.4 Å². The van der Waals surface area contributed by atoms with Gasteiger partial charge in [-0.2, -0.15) is 0 Å². The van der Waals surface area contributed by atoms with Crippen LogP contribution in [0.2, 0.25) is 10.0 Å². The van der Waals surface area contributed by atoms with Gasteiger partial charge >= 0.3 is 5.97 Å². The lowest BCUT2D eigenvalue weighted by Crippen LogP contribution is -2.35. The van der Waals surface area contributed by atoms with Crippen molar-refractivity contribution in [3.8, 4) is 0 Å². The molecule has 0 saturated carbocycles. The number of hydrogen-bond acceptors (Lipinski definition) is 4. The van der Waals surface area contributed by atoms with Crippen molar-refractivity contribution in [2.24, 2.45) is 0 Å². The van der Waals surface area contributed by atoms with E-state index in [-0.39, 0.29) is 12.1 Å².